The Morgan fingerprint density at radius 3 is 2.42 bits per heavy atom. The zero-order chi connectivity index (χ0) is 19.1. The van der Waals surface area contributed by atoms with Crippen LogP contribution in [0.5, 0.6) is 11.5 Å². The van der Waals surface area contributed by atoms with Gasteiger partial charge in [0, 0.05) is 23.7 Å². The van der Waals surface area contributed by atoms with Gasteiger partial charge in [-0.1, -0.05) is 20.8 Å². The van der Waals surface area contributed by atoms with E-state index in [4.69, 9.17) is 9.47 Å². The number of hydrogen-bond donors (Lipinski definition) is 1. The normalized spacial score (nSPS) is 14.5. The zero-order valence-corrected chi connectivity index (χ0v) is 16.6. The van der Waals surface area contributed by atoms with Gasteiger partial charge in [-0.05, 0) is 26.0 Å². The van der Waals surface area contributed by atoms with Crippen molar-refractivity contribution in [2.75, 3.05) is 17.9 Å². The van der Waals surface area contributed by atoms with Crippen molar-refractivity contribution in [1.82, 2.24) is 9.78 Å². The summed E-state index contributed by atoms with van der Waals surface area (Å²) >= 11 is 0. The third-order valence-corrected chi connectivity index (χ3v) is 5.40. The van der Waals surface area contributed by atoms with Crippen molar-refractivity contribution < 1.29 is 17.9 Å². The highest BCUT2D eigenvalue weighted by molar-refractivity contribution is 7.92. The molecule has 8 heteroatoms. The van der Waals surface area contributed by atoms with E-state index >= 15 is 0 Å². The summed E-state index contributed by atoms with van der Waals surface area (Å²) in [6.07, 6.45) is 1.59. The first-order valence-corrected chi connectivity index (χ1v) is 10.1. The van der Waals surface area contributed by atoms with Crippen molar-refractivity contribution in [2.45, 2.75) is 51.0 Å². The molecular weight excluding hydrogens is 354 g/mol. The Hall–Kier alpha value is -2.22. The monoisotopic (exact) mass is 379 g/mol. The second kappa shape index (κ2) is 6.50. The lowest BCUT2D eigenvalue weighted by Gasteiger charge is -2.20. The van der Waals surface area contributed by atoms with Crippen LogP contribution in [0.1, 0.15) is 46.4 Å². The fourth-order valence-corrected chi connectivity index (χ4v) is 4.07. The topological polar surface area (TPSA) is 82.5 Å². The molecule has 2 aromatic rings. The minimum Gasteiger partial charge on any atom is -0.486 e. The number of rotatable bonds is 4. The van der Waals surface area contributed by atoms with E-state index in [2.05, 4.69) is 9.82 Å². The van der Waals surface area contributed by atoms with Gasteiger partial charge in [0.15, 0.2) is 11.5 Å². The van der Waals surface area contributed by atoms with Crippen molar-refractivity contribution in [3.8, 4) is 11.5 Å². The first-order valence-electron chi connectivity index (χ1n) is 8.60. The molecule has 1 aliphatic heterocycles. The van der Waals surface area contributed by atoms with Crippen LogP contribution in [0.4, 0.5) is 5.69 Å². The maximum atomic E-state index is 13.0. The number of sulfonamides is 1. The molecule has 26 heavy (non-hydrogen) atoms. The number of ether oxygens (including phenoxy) is 2. The lowest BCUT2D eigenvalue weighted by Crippen LogP contribution is -2.21. The van der Waals surface area contributed by atoms with Crippen LogP contribution in [-0.2, 0) is 15.4 Å². The van der Waals surface area contributed by atoms with Gasteiger partial charge in [0.25, 0.3) is 10.0 Å². The molecule has 1 aromatic heterocycles. The van der Waals surface area contributed by atoms with Crippen LogP contribution >= 0.6 is 0 Å². The summed E-state index contributed by atoms with van der Waals surface area (Å²) in [6, 6.07) is 5.06. The predicted molar refractivity (Wildman–Crippen MR) is 99.6 cm³/mol. The minimum atomic E-state index is -3.80. The Balaban J connectivity index is 1.98. The summed E-state index contributed by atoms with van der Waals surface area (Å²) in [5.41, 5.74) is 0.555. The van der Waals surface area contributed by atoms with Crippen LogP contribution in [-0.4, -0.2) is 31.4 Å². The summed E-state index contributed by atoms with van der Waals surface area (Å²) in [4.78, 5) is 0.189. The van der Waals surface area contributed by atoms with Gasteiger partial charge in [0.1, 0.15) is 18.1 Å². The Kier molecular flexibility index (Phi) is 4.64. The summed E-state index contributed by atoms with van der Waals surface area (Å²) < 4.78 is 41.4. The molecule has 7 nitrogen and oxygen atoms in total. The number of hydrogen-bond acceptors (Lipinski definition) is 5. The van der Waals surface area contributed by atoms with E-state index in [9.17, 15) is 8.42 Å². The first kappa shape index (κ1) is 18.6. The summed E-state index contributed by atoms with van der Waals surface area (Å²) in [7, 11) is -3.80. The highest BCUT2D eigenvalue weighted by atomic mass is 32.2. The van der Waals surface area contributed by atoms with E-state index < -0.39 is 15.4 Å². The molecule has 0 aliphatic carbocycles. The minimum absolute atomic E-state index is 0.0642. The van der Waals surface area contributed by atoms with Gasteiger partial charge >= 0.3 is 0 Å². The molecule has 0 fully saturated rings. The average molecular weight is 379 g/mol. The maximum absolute atomic E-state index is 13.0. The smallest absolute Gasteiger partial charge is 0.265 e. The van der Waals surface area contributed by atoms with Crippen LogP contribution in [0.15, 0.2) is 29.3 Å². The van der Waals surface area contributed by atoms with Gasteiger partial charge in [0.2, 0.25) is 0 Å². The Morgan fingerprint density at radius 1 is 1.15 bits per heavy atom. The molecule has 0 saturated heterocycles. The van der Waals surface area contributed by atoms with E-state index in [1.807, 2.05) is 34.6 Å². The molecule has 2 heterocycles. The van der Waals surface area contributed by atoms with Crippen molar-refractivity contribution in [3.05, 3.63) is 30.1 Å². The molecular formula is C18H25N3O4S. The molecule has 3 rings (SSSR count). The van der Waals surface area contributed by atoms with E-state index in [1.54, 1.807) is 29.1 Å². The van der Waals surface area contributed by atoms with E-state index in [0.717, 1.165) is 0 Å². The number of benzene rings is 1. The highest BCUT2D eigenvalue weighted by Crippen LogP contribution is 2.34. The second-order valence-electron chi connectivity index (χ2n) is 7.63. The first-order chi connectivity index (χ1) is 12.1. The zero-order valence-electron chi connectivity index (χ0n) is 15.7. The molecule has 1 aromatic carbocycles. The lowest BCUT2D eigenvalue weighted by atomic mass is 9.92. The van der Waals surface area contributed by atoms with Crippen molar-refractivity contribution >= 4 is 15.7 Å². The number of nitrogens with one attached hydrogen (secondary N) is 1. The standard InChI is InChI=1S/C18H25N3O4S/c1-12(2)21-11-16(17(19-21)18(3,4)5)26(22,23)20-13-6-7-14-15(10-13)25-9-8-24-14/h6-7,10-12,20H,8-9H2,1-5H3. The molecule has 1 N–H and O–H groups in total. The van der Waals surface area contributed by atoms with Gasteiger partial charge in [-0.2, -0.15) is 5.10 Å². The summed E-state index contributed by atoms with van der Waals surface area (Å²) in [5, 5.41) is 4.51. The molecule has 0 amide bonds. The molecule has 0 radical (unpaired) electrons. The second-order valence-corrected chi connectivity index (χ2v) is 9.28. The third-order valence-electron chi connectivity index (χ3n) is 4.02. The van der Waals surface area contributed by atoms with Crippen LogP contribution in [0.2, 0.25) is 0 Å². The number of anilines is 1. The lowest BCUT2D eigenvalue weighted by molar-refractivity contribution is 0.171. The molecule has 0 atom stereocenters. The van der Waals surface area contributed by atoms with Crippen molar-refractivity contribution in [3.63, 3.8) is 0 Å². The third kappa shape index (κ3) is 3.65. The van der Waals surface area contributed by atoms with Gasteiger partial charge in [-0.3, -0.25) is 9.40 Å². The Bertz CT molecular complexity index is 911. The number of fused-ring (bicyclic) bond motifs is 1. The fourth-order valence-electron chi connectivity index (χ4n) is 2.67. The molecule has 142 valence electrons. The Labute approximate surface area is 154 Å². The van der Waals surface area contributed by atoms with Gasteiger partial charge in [-0.25, -0.2) is 8.42 Å². The Morgan fingerprint density at radius 2 is 1.81 bits per heavy atom. The maximum Gasteiger partial charge on any atom is 0.265 e. The van der Waals surface area contributed by atoms with Crippen LogP contribution in [0, 0.1) is 0 Å². The van der Waals surface area contributed by atoms with E-state index in [-0.39, 0.29) is 10.9 Å². The highest BCUT2D eigenvalue weighted by Gasteiger charge is 2.30. The fraction of sp³-hybridized carbons (Fsp3) is 0.500. The molecule has 0 bridgehead atoms. The molecule has 0 unspecified atom stereocenters. The van der Waals surface area contributed by atoms with Crippen molar-refractivity contribution in [1.29, 1.82) is 0 Å². The van der Waals surface area contributed by atoms with E-state index in [1.165, 1.54) is 0 Å². The summed E-state index contributed by atoms with van der Waals surface area (Å²) in [6.45, 7) is 10.7. The van der Waals surface area contributed by atoms with E-state index in [0.29, 0.717) is 36.1 Å². The SMILES string of the molecule is CC(C)n1cc(S(=O)(=O)Nc2ccc3c(c2)OCCO3)c(C(C)(C)C)n1. The van der Waals surface area contributed by atoms with Gasteiger partial charge < -0.3 is 9.47 Å². The number of nitrogens with zero attached hydrogens (tertiary/aromatic N) is 2. The van der Waals surface area contributed by atoms with Crippen LogP contribution in [0.25, 0.3) is 0 Å². The average Bonchev–Trinajstić information content (AvgIpc) is 3.01. The van der Waals surface area contributed by atoms with Gasteiger partial charge in [0.05, 0.1) is 11.4 Å². The van der Waals surface area contributed by atoms with Gasteiger partial charge in [-0.15, -0.1) is 0 Å². The number of aromatic nitrogens is 2. The quantitative estimate of drug-likeness (QED) is 0.881. The van der Waals surface area contributed by atoms with Crippen LogP contribution < -0.4 is 14.2 Å². The summed E-state index contributed by atoms with van der Waals surface area (Å²) in [5.74, 6) is 1.15. The van der Waals surface area contributed by atoms with Crippen molar-refractivity contribution in [2.24, 2.45) is 0 Å². The molecule has 0 spiro atoms. The molecule has 0 saturated carbocycles. The molecule has 1 aliphatic rings. The predicted octanol–water partition coefficient (Wildman–Crippen LogP) is 3.33. The largest absolute Gasteiger partial charge is 0.486 e. The van der Waals surface area contributed by atoms with Crippen LogP contribution in [0.3, 0.4) is 0 Å².